The number of hydrogen-bond donors (Lipinski definition) is 1. The standard InChI is InChI=1S/C13H14N2O3S/c1-19(16,17)12-4-2-3-11(8-12)18-13-7-10(9-14)5-6-15-13/h2-8H,9,14H2,1H3. The van der Waals surface area contributed by atoms with Crippen LogP contribution in [-0.4, -0.2) is 19.7 Å². The van der Waals surface area contributed by atoms with Crippen LogP contribution in [0.3, 0.4) is 0 Å². The number of nitrogens with two attached hydrogens (primary N) is 1. The first-order chi connectivity index (χ1) is 8.99. The Kier molecular flexibility index (Phi) is 3.82. The summed E-state index contributed by atoms with van der Waals surface area (Å²) in [7, 11) is -3.25. The molecule has 0 amide bonds. The number of aromatic nitrogens is 1. The molecular weight excluding hydrogens is 264 g/mol. The molecule has 0 saturated carbocycles. The molecule has 1 aromatic carbocycles. The fourth-order valence-electron chi connectivity index (χ4n) is 1.52. The highest BCUT2D eigenvalue weighted by molar-refractivity contribution is 7.90. The molecular formula is C13H14N2O3S. The molecule has 0 aliphatic carbocycles. The van der Waals surface area contributed by atoms with Gasteiger partial charge >= 0.3 is 0 Å². The molecule has 2 aromatic rings. The lowest BCUT2D eigenvalue weighted by Crippen LogP contribution is -1.99. The molecule has 2 N–H and O–H groups in total. The molecule has 0 unspecified atom stereocenters. The van der Waals surface area contributed by atoms with E-state index in [9.17, 15) is 8.42 Å². The summed E-state index contributed by atoms with van der Waals surface area (Å²) in [5.74, 6) is 0.804. The van der Waals surface area contributed by atoms with Crippen LogP contribution in [0.5, 0.6) is 11.6 Å². The first kappa shape index (κ1) is 13.5. The van der Waals surface area contributed by atoms with E-state index in [1.807, 2.05) is 0 Å². The van der Waals surface area contributed by atoms with E-state index < -0.39 is 9.84 Å². The van der Waals surface area contributed by atoms with Gasteiger partial charge in [0.15, 0.2) is 9.84 Å². The maximum absolute atomic E-state index is 11.5. The third-order valence-electron chi connectivity index (χ3n) is 2.49. The van der Waals surface area contributed by atoms with Gasteiger partial charge in [0.1, 0.15) is 5.75 Å². The van der Waals surface area contributed by atoms with Gasteiger partial charge in [-0.3, -0.25) is 0 Å². The lowest BCUT2D eigenvalue weighted by Gasteiger charge is -2.07. The van der Waals surface area contributed by atoms with E-state index in [1.165, 1.54) is 12.1 Å². The molecule has 2 rings (SSSR count). The molecule has 0 spiro atoms. The van der Waals surface area contributed by atoms with Gasteiger partial charge in [0, 0.05) is 25.1 Å². The summed E-state index contributed by atoms with van der Waals surface area (Å²) < 4.78 is 28.4. The van der Waals surface area contributed by atoms with E-state index in [0.29, 0.717) is 18.2 Å². The van der Waals surface area contributed by atoms with Gasteiger partial charge in [-0.2, -0.15) is 0 Å². The van der Waals surface area contributed by atoms with Gasteiger partial charge in [0.25, 0.3) is 0 Å². The van der Waals surface area contributed by atoms with E-state index in [1.54, 1.807) is 30.5 Å². The predicted molar refractivity (Wildman–Crippen MR) is 71.8 cm³/mol. The van der Waals surface area contributed by atoms with Crippen LogP contribution in [0.2, 0.25) is 0 Å². The Labute approximate surface area is 112 Å². The van der Waals surface area contributed by atoms with Crippen molar-refractivity contribution in [1.29, 1.82) is 0 Å². The zero-order valence-corrected chi connectivity index (χ0v) is 11.2. The third-order valence-corrected chi connectivity index (χ3v) is 3.60. The lowest BCUT2D eigenvalue weighted by atomic mass is 10.3. The van der Waals surface area contributed by atoms with Gasteiger partial charge in [0.2, 0.25) is 5.88 Å². The summed E-state index contributed by atoms with van der Waals surface area (Å²) in [4.78, 5) is 4.26. The van der Waals surface area contributed by atoms with E-state index in [-0.39, 0.29) is 4.90 Å². The Morgan fingerprint density at radius 1 is 1.26 bits per heavy atom. The molecule has 0 aliphatic rings. The fourth-order valence-corrected chi connectivity index (χ4v) is 2.18. The van der Waals surface area contributed by atoms with Crippen molar-refractivity contribution in [2.75, 3.05) is 6.26 Å². The Morgan fingerprint density at radius 3 is 2.74 bits per heavy atom. The minimum absolute atomic E-state index is 0.208. The topological polar surface area (TPSA) is 82.3 Å². The lowest BCUT2D eigenvalue weighted by molar-refractivity contribution is 0.460. The van der Waals surface area contributed by atoms with E-state index in [0.717, 1.165) is 11.8 Å². The molecule has 0 aliphatic heterocycles. The highest BCUT2D eigenvalue weighted by Gasteiger charge is 2.08. The van der Waals surface area contributed by atoms with Gasteiger partial charge < -0.3 is 10.5 Å². The van der Waals surface area contributed by atoms with Crippen molar-refractivity contribution in [2.45, 2.75) is 11.4 Å². The van der Waals surface area contributed by atoms with Crippen molar-refractivity contribution in [3.63, 3.8) is 0 Å². The highest BCUT2D eigenvalue weighted by atomic mass is 32.2. The largest absolute Gasteiger partial charge is 0.439 e. The van der Waals surface area contributed by atoms with Gasteiger partial charge in [-0.15, -0.1) is 0 Å². The quantitative estimate of drug-likeness (QED) is 0.921. The van der Waals surface area contributed by atoms with Gasteiger partial charge in [-0.05, 0) is 29.8 Å². The summed E-state index contributed by atoms with van der Waals surface area (Å²) in [5.41, 5.74) is 6.42. The molecule has 19 heavy (non-hydrogen) atoms. The number of rotatable bonds is 4. The number of benzene rings is 1. The van der Waals surface area contributed by atoms with Crippen molar-refractivity contribution in [1.82, 2.24) is 4.98 Å². The minimum atomic E-state index is -3.25. The maximum atomic E-state index is 11.5. The zero-order valence-electron chi connectivity index (χ0n) is 10.4. The average Bonchev–Trinajstić information content (AvgIpc) is 2.38. The van der Waals surface area contributed by atoms with Crippen LogP contribution in [0.15, 0.2) is 47.5 Å². The van der Waals surface area contributed by atoms with E-state index in [4.69, 9.17) is 10.5 Å². The number of nitrogens with zero attached hydrogens (tertiary/aromatic N) is 1. The van der Waals surface area contributed by atoms with Gasteiger partial charge in [-0.1, -0.05) is 6.07 Å². The van der Waals surface area contributed by atoms with Crippen LogP contribution in [0.25, 0.3) is 0 Å². The summed E-state index contributed by atoms with van der Waals surface area (Å²) in [6.45, 7) is 0.391. The molecule has 0 saturated heterocycles. The SMILES string of the molecule is CS(=O)(=O)c1cccc(Oc2cc(CN)ccn2)c1. The van der Waals surface area contributed by atoms with Crippen LogP contribution in [0.1, 0.15) is 5.56 Å². The first-order valence-corrected chi connectivity index (χ1v) is 7.51. The Balaban J connectivity index is 2.28. The highest BCUT2D eigenvalue weighted by Crippen LogP contribution is 2.22. The van der Waals surface area contributed by atoms with E-state index >= 15 is 0 Å². The van der Waals surface area contributed by atoms with Crippen LogP contribution < -0.4 is 10.5 Å². The number of pyridine rings is 1. The molecule has 0 atom stereocenters. The maximum Gasteiger partial charge on any atom is 0.219 e. The van der Waals surface area contributed by atoms with Crippen molar-refractivity contribution >= 4 is 9.84 Å². The monoisotopic (exact) mass is 278 g/mol. The van der Waals surface area contributed by atoms with Crippen molar-refractivity contribution < 1.29 is 13.2 Å². The van der Waals surface area contributed by atoms with Crippen LogP contribution in [-0.2, 0) is 16.4 Å². The number of hydrogen-bond acceptors (Lipinski definition) is 5. The molecule has 100 valence electrons. The Bertz CT molecular complexity index is 684. The van der Waals surface area contributed by atoms with Crippen LogP contribution >= 0.6 is 0 Å². The molecule has 1 heterocycles. The van der Waals surface area contributed by atoms with Crippen molar-refractivity contribution in [3.8, 4) is 11.6 Å². The van der Waals surface area contributed by atoms with Crippen LogP contribution in [0, 0.1) is 0 Å². The smallest absolute Gasteiger partial charge is 0.219 e. The summed E-state index contributed by atoms with van der Waals surface area (Å²) >= 11 is 0. The second-order valence-electron chi connectivity index (χ2n) is 4.06. The molecule has 0 fully saturated rings. The number of ether oxygens (including phenoxy) is 1. The summed E-state index contributed by atoms with van der Waals surface area (Å²) in [6.07, 6.45) is 2.75. The second kappa shape index (κ2) is 5.38. The fraction of sp³-hybridized carbons (Fsp3) is 0.154. The summed E-state index contributed by atoms with van der Waals surface area (Å²) in [6, 6.07) is 9.79. The minimum Gasteiger partial charge on any atom is -0.439 e. The first-order valence-electron chi connectivity index (χ1n) is 5.62. The second-order valence-corrected chi connectivity index (χ2v) is 6.07. The Hall–Kier alpha value is -1.92. The molecule has 6 heteroatoms. The zero-order chi connectivity index (χ0) is 13.9. The molecule has 0 bridgehead atoms. The number of sulfone groups is 1. The van der Waals surface area contributed by atoms with Gasteiger partial charge in [0.05, 0.1) is 4.90 Å². The van der Waals surface area contributed by atoms with E-state index in [2.05, 4.69) is 4.98 Å². The molecule has 1 aromatic heterocycles. The van der Waals surface area contributed by atoms with Crippen LogP contribution in [0.4, 0.5) is 0 Å². The Morgan fingerprint density at radius 2 is 2.05 bits per heavy atom. The average molecular weight is 278 g/mol. The normalized spacial score (nSPS) is 11.3. The van der Waals surface area contributed by atoms with Crippen molar-refractivity contribution in [3.05, 3.63) is 48.2 Å². The summed E-state index contributed by atoms with van der Waals surface area (Å²) in [5, 5.41) is 0. The third kappa shape index (κ3) is 3.52. The molecule has 0 radical (unpaired) electrons. The molecule has 5 nitrogen and oxygen atoms in total. The van der Waals surface area contributed by atoms with Gasteiger partial charge in [-0.25, -0.2) is 13.4 Å². The van der Waals surface area contributed by atoms with Crippen molar-refractivity contribution in [2.24, 2.45) is 5.73 Å². The predicted octanol–water partition coefficient (Wildman–Crippen LogP) is 1.74.